The first kappa shape index (κ1) is 14.0. The highest BCUT2D eigenvalue weighted by Gasteiger charge is 2.27. The van der Waals surface area contributed by atoms with Crippen molar-refractivity contribution in [2.45, 2.75) is 6.04 Å². The van der Waals surface area contributed by atoms with E-state index in [4.69, 9.17) is 4.74 Å². The Morgan fingerprint density at radius 2 is 2.33 bits per heavy atom. The first-order valence-corrected chi connectivity index (χ1v) is 7.44. The van der Waals surface area contributed by atoms with Crippen LogP contribution in [0.25, 0.3) is 0 Å². The molecule has 1 fully saturated rings. The van der Waals surface area contributed by atoms with Gasteiger partial charge in [-0.15, -0.1) is 0 Å². The summed E-state index contributed by atoms with van der Waals surface area (Å²) in [6.07, 6.45) is 0. The molecule has 1 heterocycles. The molecule has 1 atom stereocenters. The number of morpholine rings is 1. The van der Waals surface area contributed by atoms with Gasteiger partial charge in [0.2, 0.25) is 0 Å². The van der Waals surface area contributed by atoms with Crippen molar-refractivity contribution in [3.8, 4) is 0 Å². The smallest absolute Gasteiger partial charge is 0.254 e. The normalized spacial score (nSPS) is 19.9. The predicted molar refractivity (Wildman–Crippen MR) is 73.5 cm³/mol. The molecule has 98 valence electrons. The fraction of sp³-hybridized carbons (Fsp3) is 0.417. The van der Waals surface area contributed by atoms with Crippen LogP contribution in [-0.4, -0.2) is 41.9 Å². The van der Waals surface area contributed by atoms with Gasteiger partial charge in [0.15, 0.2) is 0 Å². The largest absolute Gasteiger partial charge is 0.377 e. The monoisotopic (exact) mass is 379 g/mol. The quantitative estimate of drug-likeness (QED) is 0.738. The molecule has 0 saturated carbocycles. The standard InChI is InChI=1S/C12H12Br2FNO2/c13-6-9-7-18-4-3-16(9)12(17)8-1-2-11(15)10(14)5-8/h1-2,5,9H,3-4,6-7H2. The Labute approximate surface area is 122 Å². The predicted octanol–water partition coefficient (Wildman–Crippen LogP) is 2.82. The van der Waals surface area contributed by atoms with E-state index in [1.165, 1.54) is 18.2 Å². The zero-order chi connectivity index (χ0) is 13.1. The summed E-state index contributed by atoms with van der Waals surface area (Å²) in [6.45, 7) is 1.63. The molecule has 1 aliphatic rings. The summed E-state index contributed by atoms with van der Waals surface area (Å²) in [5.74, 6) is -0.464. The molecule has 1 unspecified atom stereocenters. The Hall–Kier alpha value is -0.460. The lowest BCUT2D eigenvalue weighted by molar-refractivity contribution is 0.00524. The Morgan fingerprint density at radius 1 is 1.56 bits per heavy atom. The number of ether oxygens (including phenoxy) is 1. The lowest BCUT2D eigenvalue weighted by Gasteiger charge is -2.34. The third-order valence-electron chi connectivity index (χ3n) is 2.83. The molecular formula is C12H12Br2FNO2. The minimum absolute atomic E-state index is 0.0232. The van der Waals surface area contributed by atoms with E-state index < -0.39 is 0 Å². The highest BCUT2D eigenvalue weighted by atomic mass is 79.9. The van der Waals surface area contributed by atoms with Crippen molar-refractivity contribution in [1.29, 1.82) is 0 Å². The average molecular weight is 381 g/mol. The minimum Gasteiger partial charge on any atom is -0.377 e. The van der Waals surface area contributed by atoms with Crippen LogP contribution in [0.1, 0.15) is 10.4 Å². The van der Waals surface area contributed by atoms with Gasteiger partial charge in [0.1, 0.15) is 5.82 Å². The Bertz CT molecular complexity index is 456. The van der Waals surface area contributed by atoms with Crippen LogP contribution in [0.5, 0.6) is 0 Å². The van der Waals surface area contributed by atoms with E-state index in [0.717, 1.165) is 0 Å². The average Bonchev–Trinajstić information content (AvgIpc) is 2.41. The summed E-state index contributed by atoms with van der Waals surface area (Å²) in [7, 11) is 0. The second kappa shape index (κ2) is 6.12. The van der Waals surface area contributed by atoms with Crippen molar-refractivity contribution in [3.05, 3.63) is 34.1 Å². The lowest BCUT2D eigenvalue weighted by Crippen LogP contribution is -2.49. The maximum atomic E-state index is 13.1. The molecule has 6 heteroatoms. The fourth-order valence-electron chi connectivity index (χ4n) is 1.85. The minimum atomic E-state index is -0.370. The molecule has 1 aromatic carbocycles. The van der Waals surface area contributed by atoms with Crippen molar-refractivity contribution in [2.24, 2.45) is 0 Å². The van der Waals surface area contributed by atoms with E-state index in [2.05, 4.69) is 31.9 Å². The van der Waals surface area contributed by atoms with Crippen molar-refractivity contribution >= 4 is 37.8 Å². The van der Waals surface area contributed by atoms with E-state index >= 15 is 0 Å². The van der Waals surface area contributed by atoms with E-state index in [0.29, 0.717) is 35.1 Å². The molecule has 0 aliphatic carbocycles. The van der Waals surface area contributed by atoms with Crippen LogP contribution < -0.4 is 0 Å². The number of alkyl halides is 1. The lowest BCUT2D eigenvalue weighted by atomic mass is 10.1. The fourth-order valence-corrected chi connectivity index (χ4v) is 2.76. The number of hydrogen-bond donors (Lipinski definition) is 0. The van der Waals surface area contributed by atoms with Crippen LogP contribution >= 0.6 is 31.9 Å². The molecule has 2 rings (SSSR count). The summed E-state index contributed by atoms with van der Waals surface area (Å²) in [4.78, 5) is 14.1. The van der Waals surface area contributed by atoms with E-state index in [-0.39, 0.29) is 17.8 Å². The number of benzene rings is 1. The summed E-state index contributed by atoms with van der Waals surface area (Å²) in [5.41, 5.74) is 0.483. The van der Waals surface area contributed by atoms with Crippen LogP contribution in [0, 0.1) is 5.82 Å². The molecule has 0 radical (unpaired) electrons. The third-order valence-corrected chi connectivity index (χ3v) is 4.19. The van der Waals surface area contributed by atoms with Crippen molar-refractivity contribution in [3.63, 3.8) is 0 Å². The van der Waals surface area contributed by atoms with Gasteiger partial charge in [-0.3, -0.25) is 4.79 Å². The maximum absolute atomic E-state index is 13.1. The first-order chi connectivity index (χ1) is 8.63. The van der Waals surface area contributed by atoms with Crippen molar-refractivity contribution < 1.29 is 13.9 Å². The number of nitrogens with zero attached hydrogens (tertiary/aromatic N) is 1. The first-order valence-electron chi connectivity index (χ1n) is 5.53. The van der Waals surface area contributed by atoms with Gasteiger partial charge < -0.3 is 9.64 Å². The van der Waals surface area contributed by atoms with Gasteiger partial charge in [0, 0.05) is 17.4 Å². The summed E-state index contributed by atoms with van der Waals surface area (Å²) >= 11 is 6.47. The summed E-state index contributed by atoms with van der Waals surface area (Å²) in [6, 6.07) is 4.33. The molecule has 18 heavy (non-hydrogen) atoms. The molecule has 0 spiro atoms. The van der Waals surface area contributed by atoms with Crippen LogP contribution in [0.3, 0.4) is 0 Å². The molecule has 1 aliphatic heterocycles. The Morgan fingerprint density at radius 3 is 3.00 bits per heavy atom. The molecule has 0 N–H and O–H groups in total. The molecule has 1 aromatic rings. The van der Waals surface area contributed by atoms with Gasteiger partial charge in [-0.1, -0.05) is 15.9 Å². The Balaban J connectivity index is 2.21. The van der Waals surface area contributed by atoms with Crippen molar-refractivity contribution in [1.82, 2.24) is 4.90 Å². The zero-order valence-electron chi connectivity index (χ0n) is 9.54. The Kier molecular flexibility index (Phi) is 4.75. The zero-order valence-corrected chi connectivity index (χ0v) is 12.7. The van der Waals surface area contributed by atoms with Gasteiger partial charge >= 0.3 is 0 Å². The number of rotatable bonds is 2. The van der Waals surface area contributed by atoms with E-state index in [9.17, 15) is 9.18 Å². The number of halogens is 3. The van der Waals surface area contributed by atoms with Gasteiger partial charge in [0.25, 0.3) is 5.91 Å². The van der Waals surface area contributed by atoms with Gasteiger partial charge in [-0.2, -0.15) is 0 Å². The van der Waals surface area contributed by atoms with Crippen LogP contribution in [-0.2, 0) is 4.74 Å². The second-order valence-electron chi connectivity index (χ2n) is 4.01. The highest BCUT2D eigenvalue weighted by molar-refractivity contribution is 9.10. The van der Waals surface area contributed by atoms with Gasteiger partial charge in [0.05, 0.1) is 23.7 Å². The number of carbonyl (C=O) groups is 1. The molecule has 0 bridgehead atoms. The molecule has 0 aromatic heterocycles. The summed E-state index contributed by atoms with van der Waals surface area (Å²) < 4.78 is 18.8. The highest BCUT2D eigenvalue weighted by Crippen LogP contribution is 2.20. The SMILES string of the molecule is O=C(c1ccc(F)c(Br)c1)N1CCOCC1CBr. The molecule has 3 nitrogen and oxygen atoms in total. The molecular weight excluding hydrogens is 369 g/mol. The second-order valence-corrected chi connectivity index (χ2v) is 5.51. The van der Waals surface area contributed by atoms with Gasteiger partial charge in [-0.05, 0) is 34.1 Å². The van der Waals surface area contributed by atoms with Crippen LogP contribution in [0.15, 0.2) is 22.7 Å². The molecule has 1 saturated heterocycles. The van der Waals surface area contributed by atoms with Gasteiger partial charge in [-0.25, -0.2) is 4.39 Å². The van der Waals surface area contributed by atoms with E-state index in [1.807, 2.05) is 0 Å². The summed E-state index contributed by atoms with van der Waals surface area (Å²) in [5, 5.41) is 0.668. The van der Waals surface area contributed by atoms with Crippen LogP contribution in [0.2, 0.25) is 0 Å². The maximum Gasteiger partial charge on any atom is 0.254 e. The third kappa shape index (κ3) is 2.92. The van der Waals surface area contributed by atoms with E-state index in [1.54, 1.807) is 4.90 Å². The number of amides is 1. The number of carbonyl (C=O) groups excluding carboxylic acids is 1. The number of hydrogen-bond acceptors (Lipinski definition) is 2. The topological polar surface area (TPSA) is 29.5 Å². The van der Waals surface area contributed by atoms with Crippen LogP contribution in [0.4, 0.5) is 4.39 Å². The molecule has 1 amide bonds. The van der Waals surface area contributed by atoms with Crippen molar-refractivity contribution in [2.75, 3.05) is 25.1 Å².